The highest BCUT2D eigenvalue weighted by molar-refractivity contribution is 6.00. The monoisotopic (exact) mass is 592 g/mol. The minimum absolute atomic E-state index is 0. The van der Waals surface area contributed by atoms with Gasteiger partial charge in [-0.05, 0) is 81.7 Å². The molecule has 2 heterocycles. The Kier molecular flexibility index (Phi) is 12.7. The van der Waals surface area contributed by atoms with E-state index < -0.39 is 17.7 Å². The first-order valence-electron chi connectivity index (χ1n) is 15.4. The van der Waals surface area contributed by atoms with Crippen LogP contribution in [0.25, 0.3) is 0 Å². The normalized spacial score (nSPS) is 22.1. The van der Waals surface area contributed by atoms with Crippen LogP contribution >= 0.6 is 12.4 Å². The maximum absolute atomic E-state index is 13.7. The first-order valence-corrected chi connectivity index (χ1v) is 15.4. The van der Waals surface area contributed by atoms with Crippen molar-refractivity contribution in [3.05, 3.63) is 29.8 Å². The summed E-state index contributed by atoms with van der Waals surface area (Å²) in [6, 6.07) is 6.32. The molecule has 3 amide bonds. The Bertz CT molecular complexity index is 993. The standard InChI is InChI=1S/C31H48N4O5.ClH/c1-3-4-19-35-29(38)26(27(36)23-10-6-5-7-11-23)33-30(39)31(35)16-20-34(21-17-31)18-8-9-22-40-25-14-12-24(13-15-25)28(37)32-2;/h12-15,23,26-27,36H,3-11,16-22H2,1-2H3,(H,32,37)(H,33,39);1H/t26-,27-;/m1./s1. The zero-order valence-electron chi connectivity index (χ0n) is 24.7. The Balaban J connectivity index is 0.00000462. The number of piperidine rings is 1. The molecule has 3 fully saturated rings. The number of likely N-dealkylation sites (tertiary alicyclic amines) is 1. The van der Waals surface area contributed by atoms with Gasteiger partial charge in [0.05, 0.1) is 12.7 Å². The van der Waals surface area contributed by atoms with Crippen molar-refractivity contribution < 1.29 is 24.2 Å². The smallest absolute Gasteiger partial charge is 0.251 e. The van der Waals surface area contributed by atoms with E-state index in [4.69, 9.17) is 4.74 Å². The summed E-state index contributed by atoms with van der Waals surface area (Å²) in [6.07, 6.45) is 9.29. The number of nitrogens with zero attached hydrogens (tertiary/aromatic N) is 2. The summed E-state index contributed by atoms with van der Waals surface area (Å²) < 4.78 is 5.84. The fourth-order valence-electron chi connectivity index (χ4n) is 6.58. The number of piperazine rings is 1. The van der Waals surface area contributed by atoms with Gasteiger partial charge in [0.1, 0.15) is 17.3 Å². The van der Waals surface area contributed by atoms with Gasteiger partial charge in [0.15, 0.2) is 0 Å². The van der Waals surface area contributed by atoms with E-state index in [-0.39, 0.29) is 36.0 Å². The summed E-state index contributed by atoms with van der Waals surface area (Å²) in [5.74, 6) is 0.534. The highest BCUT2D eigenvalue weighted by Crippen LogP contribution is 2.36. The number of carbonyl (C=O) groups is 3. The van der Waals surface area contributed by atoms with Crippen molar-refractivity contribution in [2.24, 2.45) is 5.92 Å². The van der Waals surface area contributed by atoms with Gasteiger partial charge in [-0.25, -0.2) is 0 Å². The van der Waals surface area contributed by atoms with Gasteiger partial charge in [-0.2, -0.15) is 0 Å². The van der Waals surface area contributed by atoms with Crippen LogP contribution in [0.3, 0.4) is 0 Å². The number of amides is 3. The van der Waals surface area contributed by atoms with E-state index in [9.17, 15) is 19.5 Å². The van der Waals surface area contributed by atoms with E-state index in [0.717, 1.165) is 76.8 Å². The van der Waals surface area contributed by atoms with Crippen LogP contribution in [0.2, 0.25) is 0 Å². The number of hydrogen-bond donors (Lipinski definition) is 3. The van der Waals surface area contributed by atoms with Crippen molar-refractivity contribution in [2.75, 3.05) is 39.8 Å². The molecule has 0 bridgehead atoms. The van der Waals surface area contributed by atoms with Crippen LogP contribution in [0.15, 0.2) is 24.3 Å². The summed E-state index contributed by atoms with van der Waals surface area (Å²) in [4.78, 5) is 43.3. The van der Waals surface area contributed by atoms with Gasteiger partial charge in [-0.1, -0.05) is 32.6 Å². The first-order chi connectivity index (χ1) is 19.4. The van der Waals surface area contributed by atoms with Crippen LogP contribution in [0.5, 0.6) is 5.75 Å². The number of carbonyl (C=O) groups excluding carboxylic acids is 3. The number of rotatable bonds is 12. The fraction of sp³-hybridized carbons (Fsp3) is 0.710. The van der Waals surface area contributed by atoms with Gasteiger partial charge >= 0.3 is 0 Å². The maximum atomic E-state index is 13.7. The van der Waals surface area contributed by atoms with E-state index in [0.29, 0.717) is 31.6 Å². The third-order valence-corrected chi connectivity index (χ3v) is 9.13. The molecule has 2 atom stereocenters. The van der Waals surface area contributed by atoms with Crippen molar-refractivity contribution in [1.82, 2.24) is 20.4 Å². The number of aliphatic hydroxyl groups excluding tert-OH is 1. The molecule has 3 N–H and O–H groups in total. The fourth-order valence-corrected chi connectivity index (χ4v) is 6.58. The van der Waals surface area contributed by atoms with Gasteiger partial charge in [0, 0.05) is 32.2 Å². The molecular weight excluding hydrogens is 544 g/mol. The lowest BCUT2D eigenvalue weighted by Gasteiger charge is -2.52. The summed E-state index contributed by atoms with van der Waals surface area (Å²) >= 11 is 0. The van der Waals surface area contributed by atoms with E-state index in [1.165, 1.54) is 6.42 Å². The molecule has 0 radical (unpaired) electrons. The molecule has 0 aromatic heterocycles. The molecule has 230 valence electrons. The predicted octanol–water partition coefficient (Wildman–Crippen LogP) is 3.53. The predicted molar refractivity (Wildman–Crippen MR) is 161 cm³/mol. The second-order valence-corrected chi connectivity index (χ2v) is 11.7. The Morgan fingerprint density at radius 1 is 1.07 bits per heavy atom. The lowest BCUT2D eigenvalue weighted by atomic mass is 9.78. The topological polar surface area (TPSA) is 111 Å². The molecule has 9 nitrogen and oxygen atoms in total. The van der Waals surface area contributed by atoms with Gasteiger partial charge < -0.3 is 30.3 Å². The highest BCUT2D eigenvalue weighted by Gasteiger charge is 2.55. The van der Waals surface area contributed by atoms with Gasteiger partial charge in [-0.15, -0.1) is 12.4 Å². The van der Waals surface area contributed by atoms with E-state index in [2.05, 4.69) is 22.5 Å². The van der Waals surface area contributed by atoms with Crippen LogP contribution < -0.4 is 15.4 Å². The zero-order valence-corrected chi connectivity index (χ0v) is 25.6. The molecular formula is C31H49ClN4O5. The van der Waals surface area contributed by atoms with Crippen molar-refractivity contribution in [1.29, 1.82) is 0 Å². The zero-order chi connectivity index (χ0) is 28.5. The van der Waals surface area contributed by atoms with Crippen molar-refractivity contribution in [3.8, 4) is 5.75 Å². The Labute approximate surface area is 251 Å². The van der Waals surface area contributed by atoms with Gasteiger partial charge in [0.2, 0.25) is 11.8 Å². The van der Waals surface area contributed by atoms with E-state index in [1.54, 1.807) is 19.2 Å². The summed E-state index contributed by atoms with van der Waals surface area (Å²) in [5.41, 5.74) is -0.203. The van der Waals surface area contributed by atoms with Gasteiger partial charge in [0.25, 0.3) is 5.91 Å². The summed E-state index contributed by atoms with van der Waals surface area (Å²) in [6.45, 7) is 5.72. The second-order valence-electron chi connectivity index (χ2n) is 11.7. The largest absolute Gasteiger partial charge is 0.494 e. The van der Waals surface area contributed by atoms with Crippen molar-refractivity contribution >= 4 is 30.1 Å². The molecule has 0 unspecified atom stereocenters. The molecule has 3 aliphatic rings. The average molecular weight is 593 g/mol. The molecule has 2 aliphatic heterocycles. The minimum atomic E-state index is -0.823. The minimum Gasteiger partial charge on any atom is -0.494 e. The Hall–Kier alpha value is -2.36. The lowest BCUT2D eigenvalue weighted by molar-refractivity contribution is -0.165. The average Bonchev–Trinajstić information content (AvgIpc) is 2.99. The third kappa shape index (κ3) is 7.93. The summed E-state index contributed by atoms with van der Waals surface area (Å²) in [7, 11) is 1.61. The SMILES string of the molecule is CCCCN1C(=O)[C@@H]([C@H](O)C2CCCCC2)NC(=O)C12CCN(CCCCOc1ccc(C(=O)NC)cc1)CC2.Cl. The van der Waals surface area contributed by atoms with Crippen LogP contribution in [0, 0.1) is 5.92 Å². The lowest BCUT2D eigenvalue weighted by Crippen LogP contribution is -2.75. The molecule has 1 saturated carbocycles. The molecule has 1 aromatic rings. The number of halogens is 1. The molecule has 41 heavy (non-hydrogen) atoms. The number of nitrogens with one attached hydrogen (secondary N) is 2. The Morgan fingerprint density at radius 2 is 1.76 bits per heavy atom. The maximum Gasteiger partial charge on any atom is 0.251 e. The molecule has 2 saturated heterocycles. The van der Waals surface area contributed by atoms with Crippen molar-refractivity contribution in [3.63, 3.8) is 0 Å². The van der Waals surface area contributed by atoms with E-state index >= 15 is 0 Å². The van der Waals surface area contributed by atoms with Crippen molar-refractivity contribution in [2.45, 2.75) is 95.2 Å². The van der Waals surface area contributed by atoms with Crippen LogP contribution in [0.1, 0.15) is 87.9 Å². The molecule has 1 spiro atoms. The second kappa shape index (κ2) is 15.8. The van der Waals surface area contributed by atoms with Crippen LogP contribution in [0.4, 0.5) is 0 Å². The molecule has 1 aliphatic carbocycles. The number of ether oxygens (including phenoxy) is 1. The molecule has 1 aromatic carbocycles. The number of benzene rings is 1. The number of unbranched alkanes of at least 4 members (excludes halogenated alkanes) is 2. The highest BCUT2D eigenvalue weighted by atomic mass is 35.5. The van der Waals surface area contributed by atoms with Crippen LogP contribution in [-0.2, 0) is 9.59 Å². The van der Waals surface area contributed by atoms with Gasteiger partial charge in [-0.3, -0.25) is 14.4 Å². The third-order valence-electron chi connectivity index (χ3n) is 9.13. The molecule has 4 rings (SSSR count). The number of hydrogen-bond acceptors (Lipinski definition) is 6. The van der Waals surface area contributed by atoms with Crippen LogP contribution in [-0.4, -0.2) is 90.1 Å². The summed E-state index contributed by atoms with van der Waals surface area (Å²) in [5, 5.41) is 16.7. The Morgan fingerprint density at radius 3 is 2.39 bits per heavy atom. The number of aliphatic hydroxyl groups is 1. The quantitative estimate of drug-likeness (QED) is 0.320. The first kappa shape index (κ1) is 33.1. The molecule has 10 heteroatoms. The van der Waals surface area contributed by atoms with E-state index in [1.807, 2.05) is 17.0 Å².